The summed E-state index contributed by atoms with van der Waals surface area (Å²) in [7, 11) is 1.85. The van der Waals surface area contributed by atoms with Crippen LogP contribution in [0.1, 0.15) is 31.4 Å². The molecule has 1 aromatic heterocycles. The van der Waals surface area contributed by atoms with Crippen molar-refractivity contribution in [3.8, 4) is 0 Å². The van der Waals surface area contributed by atoms with Crippen molar-refractivity contribution in [3.63, 3.8) is 0 Å². The van der Waals surface area contributed by atoms with E-state index in [1.54, 1.807) is 16.0 Å². The van der Waals surface area contributed by atoms with E-state index in [9.17, 15) is 9.59 Å². The average molecular weight is 357 g/mol. The molecule has 2 amide bonds. The number of hydrogen-bond donors (Lipinski definition) is 2. The van der Waals surface area contributed by atoms with Gasteiger partial charge in [0.15, 0.2) is 0 Å². The summed E-state index contributed by atoms with van der Waals surface area (Å²) in [4.78, 5) is 32.9. The largest absolute Gasteiger partial charge is 0.344 e. The van der Waals surface area contributed by atoms with Crippen molar-refractivity contribution in [2.45, 2.75) is 44.3 Å². The average Bonchev–Trinajstić information content (AvgIpc) is 3.29. The Morgan fingerprint density at radius 1 is 1.35 bits per heavy atom. The molecule has 140 valence electrons. The van der Waals surface area contributed by atoms with Gasteiger partial charge in [0.05, 0.1) is 18.2 Å². The van der Waals surface area contributed by atoms with Crippen molar-refractivity contribution in [1.82, 2.24) is 25.6 Å². The van der Waals surface area contributed by atoms with Crippen LogP contribution in [0.3, 0.4) is 0 Å². The molecule has 3 atom stereocenters. The van der Waals surface area contributed by atoms with Gasteiger partial charge in [-0.3, -0.25) is 25.4 Å². The number of amides is 2. The van der Waals surface area contributed by atoms with E-state index in [0.717, 1.165) is 18.0 Å². The second-order valence-corrected chi connectivity index (χ2v) is 7.88. The molecule has 1 aliphatic carbocycles. The molecule has 3 unspecified atom stereocenters. The molecule has 0 spiro atoms. The third-order valence-electron chi connectivity index (χ3n) is 5.72. The Balaban J connectivity index is 1.28. The zero-order valence-corrected chi connectivity index (χ0v) is 15.2. The Morgan fingerprint density at radius 3 is 2.92 bits per heavy atom. The van der Waals surface area contributed by atoms with Crippen LogP contribution < -0.4 is 10.9 Å². The highest BCUT2D eigenvalue weighted by molar-refractivity contribution is 5.89. The Bertz CT molecular complexity index is 663. The van der Waals surface area contributed by atoms with E-state index in [-0.39, 0.29) is 23.8 Å². The number of hydrogen-bond acceptors (Lipinski definition) is 5. The number of carbonyl (C=O) groups is 2. The smallest absolute Gasteiger partial charge is 0.227 e. The number of likely N-dealkylation sites (tertiary alicyclic amines) is 1. The van der Waals surface area contributed by atoms with E-state index in [4.69, 9.17) is 0 Å². The number of nitrogens with zero attached hydrogens (tertiary/aromatic N) is 3. The van der Waals surface area contributed by atoms with Crippen molar-refractivity contribution in [2.75, 3.05) is 20.1 Å². The topological polar surface area (TPSA) is 77.6 Å². The van der Waals surface area contributed by atoms with Crippen LogP contribution in [0, 0.1) is 11.8 Å². The van der Waals surface area contributed by atoms with Gasteiger partial charge in [0, 0.05) is 44.8 Å². The van der Waals surface area contributed by atoms with Gasteiger partial charge in [-0.2, -0.15) is 0 Å². The van der Waals surface area contributed by atoms with Gasteiger partial charge in [0.25, 0.3) is 0 Å². The van der Waals surface area contributed by atoms with E-state index in [1.165, 1.54) is 12.8 Å². The fraction of sp³-hybridized carbons (Fsp3) is 0.632. The first-order chi connectivity index (χ1) is 12.6. The van der Waals surface area contributed by atoms with Crippen LogP contribution in [0.5, 0.6) is 0 Å². The lowest BCUT2D eigenvalue weighted by Gasteiger charge is -2.24. The maximum absolute atomic E-state index is 12.8. The quantitative estimate of drug-likeness (QED) is 0.777. The number of rotatable bonds is 6. The Hall–Kier alpha value is -1.99. The van der Waals surface area contributed by atoms with Crippen molar-refractivity contribution in [2.24, 2.45) is 11.8 Å². The van der Waals surface area contributed by atoms with Crippen LogP contribution in [0.4, 0.5) is 0 Å². The van der Waals surface area contributed by atoms with Crippen LogP contribution in [-0.2, 0) is 16.1 Å². The van der Waals surface area contributed by atoms with E-state index < -0.39 is 0 Å². The van der Waals surface area contributed by atoms with Crippen molar-refractivity contribution in [1.29, 1.82) is 0 Å². The number of likely N-dealkylation sites (N-methyl/N-ethyl adjacent to an activating group) is 1. The fourth-order valence-electron chi connectivity index (χ4n) is 4.09. The number of pyridine rings is 1. The first-order valence-electron chi connectivity index (χ1n) is 9.54. The zero-order chi connectivity index (χ0) is 18.1. The highest BCUT2D eigenvalue weighted by atomic mass is 16.2. The summed E-state index contributed by atoms with van der Waals surface area (Å²) in [6.07, 6.45) is 5.73. The summed E-state index contributed by atoms with van der Waals surface area (Å²) in [6, 6.07) is 6.51. The van der Waals surface area contributed by atoms with Crippen LogP contribution in [0.15, 0.2) is 24.4 Å². The monoisotopic (exact) mass is 357 g/mol. The van der Waals surface area contributed by atoms with E-state index in [0.29, 0.717) is 32.1 Å². The minimum absolute atomic E-state index is 0.0388. The molecule has 2 aliphatic heterocycles. The molecule has 3 heterocycles. The molecule has 4 rings (SSSR count). The van der Waals surface area contributed by atoms with Crippen molar-refractivity contribution in [3.05, 3.63) is 30.1 Å². The first-order valence-corrected chi connectivity index (χ1v) is 9.54. The Kier molecular flexibility index (Phi) is 4.91. The van der Waals surface area contributed by atoms with E-state index in [1.807, 2.05) is 25.2 Å². The second-order valence-electron chi connectivity index (χ2n) is 7.88. The minimum atomic E-state index is -0.246. The van der Waals surface area contributed by atoms with Crippen LogP contribution >= 0.6 is 0 Å². The Morgan fingerprint density at radius 2 is 2.19 bits per heavy atom. The summed E-state index contributed by atoms with van der Waals surface area (Å²) < 4.78 is 0. The highest BCUT2D eigenvalue weighted by Gasteiger charge is 2.39. The van der Waals surface area contributed by atoms with Crippen molar-refractivity contribution >= 4 is 11.8 Å². The van der Waals surface area contributed by atoms with Gasteiger partial charge in [0.2, 0.25) is 11.8 Å². The lowest BCUT2D eigenvalue weighted by molar-refractivity contribution is -0.134. The van der Waals surface area contributed by atoms with Gasteiger partial charge in [-0.05, 0) is 37.3 Å². The third-order valence-corrected chi connectivity index (χ3v) is 5.72. The van der Waals surface area contributed by atoms with Gasteiger partial charge in [-0.15, -0.1) is 0 Å². The molecule has 2 N–H and O–H groups in total. The third kappa shape index (κ3) is 3.88. The molecular weight excluding hydrogens is 330 g/mol. The molecule has 1 saturated carbocycles. The number of aromatic nitrogens is 1. The molecule has 1 aromatic rings. The SMILES string of the molecule is CN(CC1CC(C2CC2)NN1)C(=O)C1CC(=O)N(Cc2ccccn2)C1. The summed E-state index contributed by atoms with van der Waals surface area (Å²) in [5.41, 5.74) is 7.55. The molecule has 0 radical (unpaired) electrons. The molecule has 26 heavy (non-hydrogen) atoms. The lowest BCUT2D eigenvalue weighted by atomic mass is 10.0. The van der Waals surface area contributed by atoms with E-state index >= 15 is 0 Å². The van der Waals surface area contributed by atoms with Gasteiger partial charge < -0.3 is 9.80 Å². The highest BCUT2D eigenvalue weighted by Crippen LogP contribution is 2.35. The lowest BCUT2D eigenvalue weighted by Crippen LogP contribution is -2.43. The van der Waals surface area contributed by atoms with Crippen LogP contribution in [-0.4, -0.2) is 58.8 Å². The van der Waals surface area contributed by atoms with Gasteiger partial charge >= 0.3 is 0 Å². The second kappa shape index (κ2) is 7.32. The number of nitrogens with one attached hydrogen (secondary N) is 2. The molecule has 0 bridgehead atoms. The summed E-state index contributed by atoms with van der Waals surface area (Å²) >= 11 is 0. The minimum Gasteiger partial charge on any atom is -0.344 e. The molecule has 3 aliphatic rings. The molecule has 2 saturated heterocycles. The number of hydrazine groups is 1. The predicted molar refractivity (Wildman–Crippen MR) is 96.6 cm³/mol. The van der Waals surface area contributed by atoms with Gasteiger partial charge in [0.1, 0.15) is 0 Å². The fourth-order valence-corrected chi connectivity index (χ4v) is 4.09. The summed E-state index contributed by atoms with van der Waals surface area (Å²) in [5, 5.41) is 0. The summed E-state index contributed by atoms with van der Waals surface area (Å²) in [6.45, 7) is 1.64. The van der Waals surface area contributed by atoms with E-state index in [2.05, 4.69) is 15.8 Å². The standard InChI is InChI=1S/C19H27N5O2/c1-23(11-16-9-17(22-21-16)13-5-6-13)19(26)14-8-18(25)24(10-14)12-15-4-2-3-7-20-15/h2-4,7,13-14,16-17,21-22H,5-6,8-12H2,1H3. The van der Waals surface area contributed by atoms with Crippen molar-refractivity contribution < 1.29 is 9.59 Å². The molecule has 3 fully saturated rings. The number of carbonyl (C=O) groups excluding carboxylic acids is 2. The summed E-state index contributed by atoms with van der Waals surface area (Å²) in [5.74, 6) is 0.668. The zero-order valence-electron chi connectivity index (χ0n) is 15.2. The molecule has 7 heteroatoms. The first kappa shape index (κ1) is 17.4. The maximum Gasteiger partial charge on any atom is 0.227 e. The normalized spacial score (nSPS) is 28.6. The molecule has 7 nitrogen and oxygen atoms in total. The van der Waals surface area contributed by atoms with Gasteiger partial charge in [-0.1, -0.05) is 6.07 Å². The predicted octanol–water partition coefficient (Wildman–Crippen LogP) is 0.534. The van der Waals surface area contributed by atoms with Crippen LogP contribution in [0.2, 0.25) is 0 Å². The molecule has 0 aromatic carbocycles. The Labute approximate surface area is 154 Å². The molecular formula is C19H27N5O2. The van der Waals surface area contributed by atoms with Crippen LogP contribution in [0.25, 0.3) is 0 Å². The maximum atomic E-state index is 12.8. The van der Waals surface area contributed by atoms with Gasteiger partial charge in [-0.25, -0.2) is 0 Å².